The summed E-state index contributed by atoms with van der Waals surface area (Å²) in [5.74, 6) is -0.787. The van der Waals surface area contributed by atoms with Crippen molar-refractivity contribution in [3.63, 3.8) is 0 Å². The average molecular weight is 717 g/mol. The lowest BCUT2D eigenvalue weighted by atomic mass is 9.91. The normalized spacial score (nSPS) is 15.5. The molecule has 0 unspecified atom stereocenters. The molecule has 11 rings (SSSR count). The van der Waals surface area contributed by atoms with Crippen molar-refractivity contribution < 1.29 is 25.0 Å². The fourth-order valence-electron chi connectivity index (χ4n) is 7.19. The Morgan fingerprint density at radius 2 is 0.909 bits per heavy atom. The van der Waals surface area contributed by atoms with E-state index in [9.17, 15) is 2.74 Å². The predicted octanol–water partition coefficient (Wildman–Crippen LogP) is 13.6. The molecule has 0 saturated carbocycles. The van der Waals surface area contributed by atoms with Crippen LogP contribution in [0.15, 0.2) is 192 Å². The van der Waals surface area contributed by atoms with Crippen LogP contribution in [-0.2, 0) is 0 Å². The number of rotatable bonds is 5. The van der Waals surface area contributed by atoms with Gasteiger partial charge in [-0.2, -0.15) is 0 Å². The second kappa shape index (κ2) is 12.6. The highest BCUT2D eigenvalue weighted by atomic mass is 16.3. The molecule has 0 bridgehead atoms. The number of para-hydroxylation sites is 1. The summed E-state index contributed by atoms with van der Waals surface area (Å²) in [6, 6.07) is 21.4. The molecule has 0 N–H and O–H groups in total. The van der Waals surface area contributed by atoms with Crippen LogP contribution >= 0.6 is 0 Å². The smallest absolute Gasteiger partial charge is 0.164 e. The number of hydrogen-bond acceptors (Lipinski definition) is 4. The van der Waals surface area contributed by atoms with Crippen LogP contribution in [0.2, 0.25) is 0 Å². The number of aromatic nitrogens is 3. The molecule has 0 radical (unpaired) electrons. The lowest BCUT2D eigenvalue weighted by Crippen LogP contribution is -2.00. The Hall–Kier alpha value is -7.43. The van der Waals surface area contributed by atoms with Gasteiger partial charge in [0.05, 0.1) is 20.6 Å². The van der Waals surface area contributed by atoms with Crippen molar-refractivity contribution in [1.29, 1.82) is 0 Å². The molecule has 11 aromatic rings. The van der Waals surface area contributed by atoms with Gasteiger partial charge < -0.3 is 4.42 Å². The van der Waals surface area contributed by atoms with Crippen LogP contribution in [-0.4, -0.2) is 15.0 Å². The van der Waals surface area contributed by atoms with E-state index in [1.54, 1.807) is 6.07 Å². The molecule has 0 saturated heterocycles. The van der Waals surface area contributed by atoms with Gasteiger partial charge in [0.15, 0.2) is 17.5 Å². The number of furan rings is 1. The molecule has 0 atom stereocenters. The van der Waals surface area contributed by atoms with Crippen LogP contribution in [0.4, 0.5) is 0 Å². The first-order valence-electron chi connectivity index (χ1n) is 24.8. The maximum Gasteiger partial charge on any atom is 0.164 e. The van der Waals surface area contributed by atoms with E-state index >= 15 is 0 Å². The summed E-state index contributed by atoms with van der Waals surface area (Å²) >= 11 is 0. The summed E-state index contributed by atoms with van der Waals surface area (Å²) in [5.41, 5.74) is 0.235. The van der Waals surface area contributed by atoms with Crippen LogP contribution in [0.1, 0.15) is 20.6 Å². The van der Waals surface area contributed by atoms with Crippen LogP contribution in [0.5, 0.6) is 0 Å². The third kappa shape index (κ3) is 5.26. The molecule has 55 heavy (non-hydrogen) atoms. The van der Waals surface area contributed by atoms with E-state index in [4.69, 9.17) is 32.2 Å². The van der Waals surface area contributed by atoms with Crippen LogP contribution < -0.4 is 0 Å². The fraction of sp³-hybridized carbons (Fsp3) is 0. The lowest BCUT2D eigenvalue weighted by Gasteiger charge is -2.13. The van der Waals surface area contributed by atoms with Gasteiger partial charge in [-0.1, -0.05) is 164 Å². The van der Waals surface area contributed by atoms with Crippen molar-refractivity contribution in [2.24, 2.45) is 0 Å². The van der Waals surface area contributed by atoms with E-state index in [1.165, 1.54) is 30.3 Å². The van der Waals surface area contributed by atoms with E-state index in [-0.39, 0.29) is 85.4 Å². The minimum atomic E-state index is -0.665. The maximum absolute atomic E-state index is 10.1. The molecule has 0 amide bonds. The minimum absolute atomic E-state index is 0.0497. The van der Waals surface area contributed by atoms with Gasteiger partial charge in [-0.05, 0) is 78.8 Å². The largest absolute Gasteiger partial charge is 0.456 e. The molecular weight excluding hydrogens is 671 g/mol. The highest BCUT2D eigenvalue weighted by molar-refractivity contribution is 6.26. The standard InChI is InChI=1S/C51H31N3O/c1-3-13-32(14-4-1)33-23-25-35(26-24-33)50-52-49(34-15-5-2-6-16-34)53-51(54-50)45-30-37(31-47-48(45)43-21-11-12-22-46(43)55-47)36-27-28-42-40-19-8-7-17-38(40)39-18-9-10-20-41(39)44(42)29-36/h1-31H/i1D,2D,3D,4D,5D,6D,11D,12D,13D,14D,15D,16D,22D,30D,31D. The van der Waals surface area contributed by atoms with Gasteiger partial charge in [0.25, 0.3) is 0 Å². The Bertz CT molecular complexity index is 4050. The zero-order valence-corrected chi connectivity index (χ0v) is 28.5. The highest BCUT2D eigenvalue weighted by Crippen LogP contribution is 2.42. The molecule has 256 valence electrons. The summed E-state index contributed by atoms with van der Waals surface area (Å²) in [6.07, 6.45) is 0. The summed E-state index contributed by atoms with van der Waals surface area (Å²) in [5, 5.41) is 5.87. The summed E-state index contributed by atoms with van der Waals surface area (Å²) in [6.45, 7) is 0. The first-order chi connectivity index (χ1) is 33.5. The molecule has 9 aromatic carbocycles. The molecule has 2 heterocycles. The van der Waals surface area contributed by atoms with Crippen molar-refractivity contribution in [3.05, 3.63) is 188 Å². The van der Waals surface area contributed by atoms with Gasteiger partial charge in [-0.25, -0.2) is 15.0 Å². The van der Waals surface area contributed by atoms with Gasteiger partial charge in [0, 0.05) is 27.5 Å². The number of benzene rings is 9. The number of hydrogen-bond donors (Lipinski definition) is 0. The van der Waals surface area contributed by atoms with E-state index in [2.05, 4.69) is 11.1 Å². The topological polar surface area (TPSA) is 51.8 Å². The van der Waals surface area contributed by atoms with E-state index in [0.29, 0.717) is 5.56 Å². The first kappa shape index (κ1) is 19.6. The first-order valence-corrected chi connectivity index (χ1v) is 17.3. The third-order valence-electron chi connectivity index (χ3n) is 9.70. The van der Waals surface area contributed by atoms with Gasteiger partial charge in [0.2, 0.25) is 0 Å². The Morgan fingerprint density at radius 1 is 0.364 bits per heavy atom. The average Bonchev–Trinajstić information content (AvgIpc) is 3.75. The third-order valence-corrected chi connectivity index (χ3v) is 9.70. The maximum atomic E-state index is 10.1. The van der Waals surface area contributed by atoms with Crippen molar-refractivity contribution in [3.8, 4) is 56.4 Å². The summed E-state index contributed by atoms with van der Waals surface area (Å²) < 4.78 is 137. The number of fused-ring (bicyclic) bond motifs is 9. The lowest BCUT2D eigenvalue weighted by molar-refractivity contribution is 0.669. The van der Waals surface area contributed by atoms with Gasteiger partial charge in [-0.3, -0.25) is 0 Å². The second-order valence-corrected chi connectivity index (χ2v) is 12.8. The Balaban J connectivity index is 1.24. The SMILES string of the molecule is [2H]c1cc2c(oc3c([2H])c(-c4ccc5c6ccccc6c6ccccc6c5c4)c([2H])c(-c4nc(-c5ccc(-c6c([2H])c([2H])c([2H])c([2H])c6[2H])cc5)nc(-c5c([2H])c([2H])c([2H])c([2H])c5[2H])n4)c32)c([2H])c1[2H]. The second-order valence-electron chi connectivity index (χ2n) is 12.8. The van der Waals surface area contributed by atoms with E-state index < -0.39 is 78.1 Å². The highest BCUT2D eigenvalue weighted by Gasteiger charge is 2.20. The minimum Gasteiger partial charge on any atom is -0.456 e. The van der Waals surface area contributed by atoms with Crippen LogP contribution in [0, 0.1) is 0 Å². The molecule has 0 aliphatic rings. The monoisotopic (exact) mass is 716 g/mol. The molecule has 0 aliphatic heterocycles. The van der Waals surface area contributed by atoms with Crippen LogP contribution in [0.25, 0.3) is 111 Å². The van der Waals surface area contributed by atoms with Gasteiger partial charge in [-0.15, -0.1) is 0 Å². The molecule has 0 fully saturated rings. The molecule has 4 nitrogen and oxygen atoms in total. The quantitative estimate of drug-likeness (QED) is 0.166. The fourth-order valence-corrected chi connectivity index (χ4v) is 7.19. The van der Waals surface area contributed by atoms with E-state index in [0.717, 1.165) is 32.3 Å². The van der Waals surface area contributed by atoms with Crippen molar-refractivity contribution >= 4 is 54.3 Å². The number of nitrogens with zero attached hydrogens (tertiary/aromatic N) is 3. The molecule has 0 aliphatic carbocycles. The molecule has 0 spiro atoms. The molecular formula is C51H31N3O. The summed E-state index contributed by atoms with van der Waals surface area (Å²) in [7, 11) is 0. The molecule has 2 aromatic heterocycles. The van der Waals surface area contributed by atoms with Crippen molar-refractivity contribution in [2.45, 2.75) is 0 Å². The zero-order chi connectivity index (χ0) is 49.3. The Morgan fingerprint density at radius 3 is 1.60 bits per heavy atom. The van der Waals surface area contributed by atoms with Crippen molar-refractivity contribution in [1.82, 2.24) is 15.0 Å². The van der Waals surface area contributed by atoms with Gasteiger partial charge in [0.1, 0.15) is 11.2 Å². The summed E-state index contributed by atoms with van der Waals surface area (Å²) in [4.78, 5) is 14.2. The molecule has 4 heteroatoms. The Labute approximate surface area is 338 Å². The van der Waals surface area contributed by atoms with Crippen molar-refractivity contribution in [2.75, 3.05) is 0 Å². The Kier molecular flexibility index (Phi) is 4.49. The zero-order valence-electron chi connectivity index (χ0n) is 43.5. The van der Waals surface area contributed by atoms with E-state index in [1.807, 2.05) is 54.6 Å². The van der Waals surface area contributed by atoms with Gasteiger partial charge >= 0.3 is 0 Å². The predicted molar refractivity (Wildman–Crippen MR) is 227 cm³/mol. The van der Waals surface area contributed by atoms with Crippen LogP contribution in [0.3, 0.4) is 0 Å².